The molecule has 3 N–H and O–H groups in total. The van der Waals surface area contributed by atoms with Crippen LogP contribution in [0.25, 0.3) is 33.2 Å². The number of hydrogen-bond donors (Lipinski definition) is 2. The lowest BCUT2D eigenvalue weighted by Gasteiger charge is -2.10. The number of halogens is 2. The Morgan fingerprint density at radius 2 is 1.89 bits per heavy atom. The lowest BCUT2D eigenvalue weighted by atomic mass is 10.0. The topological polar surface area (TPSA) is 63.9 Å². The molecule has 4 aromatic rings. The molecule has 6 heteroatoms. The molecule has 0 bridgehead atoms. The molecule has 2 aromatic heterocycles. The van der Waals surface area contributed by atoms with E-state index in [1.54, 1.807) is 13.2 Å². The number of methoxy groups -OCH3 is 1. The SMILES string of the molecule is COc1cc(-c2[nH]c3c(Cl)cc(Cl)cc3c2CCCCN)nc2ccccc12. The van der Waals surface area contributed by atoms with Crippen LogP contribution >= 0.6 is 23.2 Å². The number of rotatable bonds is 6. The lowest BCUT2D eigenvalue weighted by Crippen LogP contribution is -1.99. The van der Waals surface area contributed by atoms with Crippen molar-refractivity contribution in [3.8, 4) is 17.1 Å². The van der Waals surface area contributed by atoms with Gasteiger partial charge in [0.25, 0.3) is 0 Å². The molecule has 0 amide bonds. The number of aryl methyl sites for hydroxylation is 1. The second kappa shape index (κ2) is 8.00. The van der Waals surface area contributed by atoms with Gasteiger partial charge >= 0.3 is 0 Å². The number of para-hydroxylation sites is 1. The van der Waals surface area contributed by atoms with Crippen molar-refractivity contribution in [1.29, 1.82) is 0 Å². The van der Waals surface area contributed by atoms with Gasteiger partial charge in [0.1, 0.15) is 5.75 Å². The third-order valence-electron chi connectivity index (χ3n) is 4.97. The highest BCUT2D eigenvalue weighted by Crippen LogP contribution is 2.38. The molecule has 4 nitrogen and oxygen atoms in total. The molecular weight excluding hydrogens is 393 g/mol. The van der Waals surface area contributed by atoms with Crippen molar-refractivity contribution in [1.82, 2.24) is 9.97 Å². The van der Waals surface area contributed by atoms with E-state index in [-0.39, 0.29) is 0 Å². The van der Waals surface area contributed by atoms with Crippen LogP contribution in [-0.4, -0.2) is 23.6 Å². The summed E-state index contributed by atoms with van der Waals surface area (Å²) >= 11 is 12.8. The van der Waals surface area contributed by atoms with E-state index < -0.39 is 0 Å². The minimum absolute atomic E-state index is 0.599. The Hall–Kier alpha value is -2.27. The Balaban J connectivity index is 1.96. The molecule has 0 saturated carbocycles. The zero-order valence-corrected chi connectivity index (χ0v) is 17.1. The second-order valence-corrected chi connectivity index (χ2v) is 7.61. The monoisotopic (exact) mass is 413 g/mol. The smallest absolute Gasteiger partial charge is 0.130 e. The molecule has 0 aliphatic rings. The molecule has 0 unspecified atom stereocenters. The maximum Gasteiger partial charge on any atom is 0.130 e. The maximum absolute atomic E-state index is 6.47. The second-order valence-electron chi connectivity index (χ2n) is 6.76. The first-order valence-corrected chi connectivity index (χ1v) is 10.0. The van der Waals surface area contributed by atoms with Gasteiger partial charge in [-0.05, 0) is 55.6 Å². The summed E-state index contributed by atoms with van der Waals surface area (Å²) in [6, 6.07) is 13.6. The van der Waals surface area contributed by atoms with Crippen LogP contribution in [0.15, 0.2) is 42.5 Å². The highest BCUT2D eigenvalue weighted by molar-refractivity contribution is 6.38. The number of fused-ring (bicyclic) bond motifs is 2. The van der Waals surface area contributed by atoms with E-state index in [9.17, 15) is 0 Å². The molecular formula is C22H21Cl2N3O. The van der Waals surface area contributed by atoms with E-state index in [2.05, 4.69) is 4.98 Å². The molecule has 0 atom stereocenters. The van der Waals surface area contributed by atoms with Gasteiger partial charge in [0, 0.05) is 21.9 Å². The van der Waals surface area contributed by atoms with Crippen LogP contribution in [0.5, 0.6) is 5.75 Å². The van der Waals surface area contributed by atoms with Crippen LogP contribution in [0.4, 0.5) is 0 Å². The van der Waals surface area contributed by atoms with Crippen LogP contribution < -0.4 is 10.5 Å². The number of unbranched alkanes of at least 4 members (excludes halogenated alkanes) is 1. The summed E-state index contributed by atoms with van der Waals surface area (Å²) in [6.45, 7) is 0.668. The molecule has 0 fully saturated rings. The van der Waals surface area contributed by atoms with Crippen molar-refractivity contribution in [3.05, 3.63) is 58.1 Å². The van der Waals surface area contributed by atoms with Gasteiger partial charge in [0.2, 0.25) is 0 Å². The zero-order valence-electron chi connectivity index (χ0n) is 15.6. The predicted molar refractivity (Wildman–Crippen MR) is 118 cm³/mol. The Bertz CT molecular complexity index is 1150. The van der Waals surface area contributed by atoms with Crippen molar-refractivity contribution in [3.63, 3.8) is 0 Å². The number of benzene rings is 2. The summed E-state index contributed by atoms with van der Waals surface area (Å²) in [4.78, 5) is 8.36. The average Bonchev–Trinajstić information content (AvgIpc) is 3.06. The number of hydrogen-bond acceptors (Lipinski definition) is 3. The number of ether oxygens (including phenoxy) is 1. The molecule has 2 heterocycles. The van der Waals surface area contributed by atoms with Gasteiger partial charge in [-0.3, -0.25) is 0 Å². The van der Waals surface area contributed by atoms with Gasteiger partial charge in [-0.15, -0.1) is 0 Å². The average molecular weight is 414 g/mol. The van der Waals surface area contributed by atoms with Crippen molar-refractivity contribution >= 4 is 45.0 Å². The minimum atomic E-state index is 0.599. The van der Waals surface area contributed by atoms with E-state index >= 15 is 0 Å². The van der Waals surface area contributed by atoms with Crippen LogP contribution in [0, 0.1) is 0 Å². The first-order valence-electron chi connectivity index (χ1n) is 9.26. The fourth-order valence-corrected chi connectivity index (χ4v) is 4.18. The molecule has 28 heavy (non-hydrogen) atoms. The summed E-state index contributed by atoms with van der Waals surface area (Å²) < 4.78 is 5.63. The van der Waals surface area contributed by atoms with Crippen LogP contribution in [0.2, 0.25) is 10.0 Å². The van der Waals surface area contributed by atoms with Crippen molar-refractivity contribution in [2.45, 2.75) is 19.3 Å². The molecule has 0 spiro atoms. The highest BCUT2D eigenvalue weighted by atomic mass is 35.5. The number of nitrogens with one attached hydrogen (secondary N) is 1. The minimum Gasteiger partial charge on any atom is -0.496 e. The van der Waals surface area contributed by atoms with Crippen LogP contribution in [0.3, 0.4) is 0 Å². The summed E-state index contributed by atoms with van der Waals surface area (Å²) in [7, 11) is 1.68. The van der Waals surface area contributed by atoms with Gasteiger partial charge in [0.15, 0.2) is 0 Å². The molecule has 0 radical (unpaired) electrons. The molecule has 0 aliphatic heterocycles. The predicted octanol–water partition coefficient (Wildman–Crippen LogP) is 5.98. The Kier molecular flexibility index (Phi) is 5.44. The van der Waals surface area contributed by atoms with Gasteiger partial charge < -0.3 is 15.5 Å². The number of aromatic nitrogens is 2. The number of nitrogens with zero attached hydrogens (tertiary/aromatic N) is 1. The molecule has 2 aromatic carbocycles. The summed E-state index contributed by atoms with van der Waals surface area (Å²) in [5.74, 6) is 0.788. The number of H-pyrrole nitrogens is 1. The number of nitrogens with two attached hydrogens (primary N) is 1. The Labute approximate surface area is 173 Å². The number of pyridine rings is 1. The van der Waals surface area contributed by atoms with Crippen molar-refractivity contribution < 1.29 is 4.74 Å². The first kappa shape index (κ1) is 19.1. The van der Waals surface area contributed by atoms with Gasteiger partial charge in [0.05, 0.1) is 34.6 Å². The van der Waals surface area contributed by atoms with E-state index in [1.807, 2.05) is 36.4 Å². The maximum atomic E-state index is 6.47. The molecule has 0 aliphatic carbocycles. The van der Waals surface area contributed by atoms with Gasteiger partial charge in [-0.2, -0.15) is 0 Å². The Morgan fingerprint density at radius 3 is 2.68 bits per heavy atom. The van der Waals surface area contributed by atoms with Crippen LogP contribution in [0.1, 0.15) is 18.4 Å². The molecule has 144 valence electrons. The highest BCUT2D eigenvalue weighted by Gasteiger charge is 2.18. The summed E-state index contributed by atoms with van der Waals surface area (Å²) in [6.07, 6.45) is 2.79. The fourth-order valence-electron chi connectivity index (χ4n) is 3.64. The molecule has 0 saturated heterocycles. The summed E-state index contributed by atoms with van der Waals surface area (Å²) in [5.41, 5.74) is 10.4. The van der Waals surface area contributed by atoms with E-state index in [4.69, 9.17) is 38.7 Å². The third-order valence-corrected chi connectivity index (χ3v) is 5.48. The quantitative estimate of drug-likeness (QED) is 0.382. The van der Waals surface area contributed by atoms with Crippen molar-refractivity contribution in [2.75, 3.05) is 13.7 Å². The van der Waals surface area contributed by atoms with E-state index in [0.29, 0.717) is 16.6 Å². The van der Waals surface area contributed by atoms with Gasteiger partial charge in [-0.25, -0.2) is 4.98 Å². The van der Waals surface area contributed by atoms with Gasteiger partial charge in [-0.1, -0.05) is 35.3 Å². The summed E-state index contributed by atoms with van der Waals surface area (Å²) in [5, 5.41) is 3.22. The Morgan fingerprint density at radius 1 is 1.07 bits per heavy atom. The zero-order chi connectivity index (χ0) is 19.7. The molecule has 4 rings (SSSR count). The normalized spacial score (nSPS) is 11.4. The standard InChI is InChI=1S/C22H21Cl2N3O/c1-28-20-12-19(26-18-8-3-2-7-15(18)20)22-14(6-4-5-9-25)16-10-13(23)11-17(24)21(16)27-22/h2-3,7-8,10-12,27H,4-6,9,25H2,1H3. The van der Waals surface area contributed by atoms with E-state index in [1.165, 1.54) is 0 Å². The lowest BCUT2D eigenvalue weighted by molar-refractivity contribution is 0.419. The fraction of sp³-hybridized carbons (Fsp3) is 0.227. The first-order chi connectivity index (χ1) is 13.6. The third kappa shape index (κ3) is 3.44. The van der Waals surface area contributed by atoms with E-state index in [0.717, 1.165) is 63.8 Å². The van der Waals surface area contributed by atoms with Crippen LogP contribution in [-0.2, 0) is 6.42 Å². The largest absolute Gasteiger partial charge is 0.496 e. The number of aromatic amines is 1. The van der Waals surface area contributed by atoms with Crippen molar-refractivity contribution in [2.24, 2.45) is 5.73 Å².